The van der Waals surface area contributed by atoms with E-state index in [4.69, 9.17) is 14.2 Å². The fourth-order valence-corrected chi connectivity index (χ4v) is 2.35. The lowest BCUT2D eigenvalue weighted by atomic mass is 10.2. The second kappa shape index (κ2) is 12.3. The van der Waals surface area contributed by atoms with Gasteiger partial charge in [0.05, 0.1) is 19.4 Å². The van der Waals surface area contributed by atoms with E-state index in [1.165, 1.54) is 0 Å². The molecule has 0 saturated heterocycles. The summed E-state index contributed by atoms with van der Waals surface area (Å²) in [5.74, 6) is -0.201. The van der Waals surface area contributed by atoms with Crippen molar-refractivity contribution in [2.24, 2.45) is 0 Å². The summed E-state index contributed by atoms with van der Waals surface area (Å²) >= 11 is 0. The van der Waals surface area contributed by atoms with Crippen LogP contribution in [0.2, 0.25) is 0 Å². The third kappa shape index (κ3) is 8.98. The molecule has 0 N–H and O–H groups in total. The molecule has 148 valence electrons. The third-order valence-electron chi connectivity index (χ3n) is 3.77. The number of esters is 3. The normalized spacial score (nSPS) is 10.1. The Hall–Kier alpha value is -3.15. The fraction of sp³-hybridized carbons (Fsp3) is 0.318. The number of para-hydroxylation sites is 2. The van der Waals surface area contributed by atoms with E-state index < -0.39 is 11.9 Å². The maximum Gasteiger partial charge on any atom is 0.311 e. The molecule has 0 aliphatic carbocycles. The SMILES string of the molecule is O=C(CCC(=O)Oc1ccccc1)OCCCCCC(=O)Oc1ccccc1. The van der Waals surface area contributed by atoms with Gasteiger partial charge >= 0.3 is 17.9 Å². The molecule has 0 bridgehead atoms. The summed E-state index contributed by atoms with van der Waals surface area (Å²) in [6.45, 7) is 0.264. The number of carbonyl (C=O) groups is 3. The van der Waals surface area contributed by atoms with Crippen molar-refractivity contribution in [1.82, 2.24) is 0 Å². The molecular weight excluding hydrogens is 360 g/mol. The minimum atomic E-state index is -0.472. The Morgan fingerprint density at radius 3 is 1.64 bits per heavy atom. The third-order valence-corrected chi connectivity index (χ3v) is 3.77. The number of ether oxygens (including phenoxy) is 3. The Labute approximate surface area is 164 Å². The minimum Gasteiger partial charge on any atom is -0.466 e. The van der Waals surface area contributed by atoms with Crippen molar-refractivity contribution in [3.63, 3.8) is 0 Å². The van der Waals surface area contributed by atoms with Gasteiger partial charge < -0.3 is 14.2 Å². The van der Waals surface area contributed by atoms with Crippen LogP contribution in [0.25, 0.3) is 0 Å². The maximum absolute atomic E-state index is 11.7. The summed E-state index contributed by atoms with van der Waals surface area (Å²) in [6, 6.07) is 17.6. The number of rotatable bonds is 11. The van der Waals surface area contributed by atoms with Crippen LogP contribution in [0.4, 0.5) is 0 Å². The highest BCUT2D eigenvalue weighted by molar-refractivity contribution is 5.79. The van der Waals surface area contributed by atoms with E-state index in [1.54, 1.807) is 48.5 Å². The summed E-state index contributed by atoms with van der Waals surface area (Å²) < 4.78 is 15.4. The lowest BCUT2D eigenvalue weighted by molar-refractivity contribution is -0.147. The van der Waals surface area contributed by atoms with Gasteiger partial charge in [0.15, 0.2) is 0 Å². The molecule has 0 heterocycles. The van der Waals surface area contributed by atoms with Gasteiger partial charge in [-0.15, -0.1) is 0 Å². The first kappa shape index (κ1) is 21.2. The van der Waals surface area contributed by atoms with Gasteiger partial charge in [0.25, 0.3) is 0 Å². The Morgan fingerprint density at radius 1 is 0.571 bits per heavy atom. The molecule has 2 aromatic carbocycles. The molecule has 6 nitrogen and oxygen atoms in total. The van der Waals surface area contributed by atoms with Crippen LogP contribution in [0.3, 0.4) is 0 Å². The van der Waals surface area contributed by atoms with E-state index in [1.807, 2.05) is 12.1 Å². The van der Waals surface area contributed by atoms with Gasteiger partial charge in [-0.3, -0.25) is 14.4 Å². The average molecular weight is 384 g/mol. The molecule has 0 amide bonds. The van der Waals surface area contributed by atoms with E-state index in [0.29, 0.717) is 30.8 Å². The fourth-order valence-electron chi connectivity index (χ4n) is 2.35. The molecule has 6 heteroatoms. The zero-order valence-corrected chi connectivity index (χ0v) is 15.7. The van der Waals surface area contributed by atoms with Crippen LogP contribution >= 0.6 is 0 Å². The first-order valence-corrected chi connectivity index (χ1v) is 9.30. The molecule has 0 fully saturated rings. The van der Waals surface area contributed by atoms with Gasteiger partial charge in [0, 0.05) is 6.42 Å². The second-order valence-corrected chi connectivity index (χ2v) is 6.11. The monoisotopic (exact) mass is 384 g/mol. The number of benzene rings is 2. The predicted molar refractivity (Wildman–Crippen MR) is 103 cm³/mol. The van der Waals surface area contributed by atoms with E-state index in [0.717, 1.165) is 6.42 Å². The zero-order chi connectivity index (χ0) is 20.0. The van der Waals surface area contributed by atoms with Crippen molar-refractivity contribution < 1.29 is 28.6 Å². The van der Waals surface area contributed by atoms with E-state index in [2.05, 4.69) is 0 Å². The molecule has 28 heavy (non-hydrogen) atoms. The summed E-state index contributed by atoms with van der Waals surface area (Å²) in [5.41, 5.74) is 0. The van der Waals surface area contributed by atoms with Crippen molar-refractivity contribution in [1.29, 1.82) is 0 Å². The molecule has 0 atom stereocenters. The van der Waals surface area contributed by atoms with Gasteiger partial charge in [0.2, 0.25) is 0 Å². The van der Waals surface area contributed by atoms with E-state index >= 15 is 0 Å². The molecule has 0 aliphatic rings. The van der Waals surface area contributed by atoms with Crippen LogP contribution < -0.4 is 9.47 Å². The Balaban J connectivity index is 1.47. The van der Waals surface area contributed by atoms with Gasteiger partial charge in [-0.1, -0.05) is 36.4 Å². The second-order valence-electron chi connectivity index (χ2n) is 6.11. The first-order valence-electron chi connectivity index (χ1n) is 9.30. The van der Waals surface area contributed by atoms with E-state index in [9.17, 15) is 14.4 Å². The van der Waals surface area contributed by atoms with Gasteiger partial charge in [0.1, 0.15) is 11.5 Å². The minimum absolute atomic E-state index is 0.0188. The highest BCUT2D eigenvalue weighted by atomic mass is 16.5. The summed E-state index contributed by atoms with van der Waals surface area (Å²) in [4.78, 5) is 35.0. The smallest absolute Gasteiger partial charge is 0.311 e. The molecule has 2 rings (SSSR count). The number of hydrogen-bond donors (Lipinski definition) is 0. The highest BCUT2D eigenvalue weighted by Gasteiger charge is 2.10. The summed E-state index contributed by atoms with van der Waals surface area (Å²) in [5, 5.41) is 0. The first-order chi connectivity index (χ1) is 13.6. The standard InChI is InChI=1S/C22H24O6/c23-20(15-16-22(25)28-19-12-6-2-7-13-19)26-17-9-3-8-14-21(24)27-18-10-4-1-5-11-18/h1-2,4-7,10-13H,3,8-9,14-17H2. The van der Waals surface area contributed by atoms with Crippen LogP contribution in [-0.2, 0) is 19.1 Å². The number of unbranched alkanes of at least 4 members (excludes halogenated alkanes) is 2. The van der Waals surface area contributed by atoms with Gasteiger partial charge in [-0.2, -0.15) is 0 Å². The molecule has 2 aromatic rings. The molecule has 0 radical (unpaired) electrons. The molecule has 0 unspecified atom stereocenters. The van der Waals surface area contributed by atoms with Crippen molar-refractivity contribution in [3.05, 3.63) is 60.7 Å². The Kier molecular flexibility index (Phi) is 9.27. The Bertz CT molecular complexity index is 742. The average Bonchev–Trinajstić information content (AvgIpc) is 2.70. The number of hydrogen-bond acceptors (Lipinski definition) is 6. The van der Waals surface area contributed by atoms with Crippen molar-refractivity contribution >= 4 is 17.9 Å². The van der Waals surface area contributed by atoms with Crippen LogP contribution in [0.15, 0.2) is 60.7 Å². The topological polar surface area (TPSA) is 78.9 Å². The molecule has 0 saturated carbocycles. The Morgan fingerprint density at radius 2 is 1.07 bits per heavy atom. The van der Waals surface area contributed by atoms with Crippen molar-refractivity contribution in [2.75, 3.05) is 6.61 Å². The van der Waals surface area contributed by atoms with Crippen LogP contribution in [-0.4, -0.2) is 24.5 Å². The molecule has 0 aromatic heterocycles. The number of carbonyl (C=O) groups excluding carboxylic acids is 3. The highest BCUT2D eigenvalue weighted by Crippen LogP contribution is 2.11. The summed E-state index contributed by atoms with van der Waals surface area (Å²) in [7, 11) is 0. The van der Waals surface area contributed by atoms with Crippen molar-refractivity contribution in [3.8, 4) is 11.5 Å². The van der Waals surface area contributed by atoms with E-state index in [-0.39, 0.29) is 25.4 Å². The molecule has 0 spiro atoms. The lowest BCUT2D eigenvalue weighted by Gasteiger charge is -2.06. The van der Waals surface area contributed by atoms with Crippen molar-refractivity contribution in [2.45, 2.75) is 38.5 Å². The summed E-state index contributed by atoms with van der Waals surface area (Å²) in [6.07, 6.45) is 2.32. The van der Waals surface area contributed by atoms with Gasteiger partial charge in [-0.05, 0) is 43.5 Å². The lowest BCUT2D eigenvalue weighted by Crippen LogP contribution is -2.13. The maximum atomic E-state index is 11.7. The van der Waals surface area contributed by atoms with Crippen LogP contribution in [0.1, 0.15) is 38.5 Å². The van der Waals surface area contributed by atoms with Gasteiger partial charge in [-0.25, -0.2) is 0 Å². The molecular formula is C22H24O6. The van der Waals surface area contributed by atoms with Crippen LogP contribution in [0.5, 0.6) is 11.5 Å². The quantitative estimate of drug-likeness (QED) is 0.330. The zero-order valence-electron chi connectivity index (χ0n) is 15.7. The van der Waals surface area contributed by atoms with Crippen LogP contribution in [0, 0.1) is 0 Å². The predicted octanol–water partition coefficient (Wildman–Crippen LogP) is 4.08. The largest absolute Gasteiger partial charge is 0.466 e. The molecule has 0 aliphatic heterocycles.